The summed E-state index contributed by atoms with van der Waals surface area (Å²) in [5, 5.41) is 7.04. The second kappa shape index (κ2) is 7.37. The van der Waals surface area contributed by atoms with E-state index in [1.165, 1.54) is 6.42 Å². The number of hydrogen-bond acceptors (Lipinski definition) is 5. The van der Waals surface area contributed by atoms with Crippen molar-refractivity contribution in [2.75, 3.05) is 18.4 Å². The quantitative estimate of drug-likeness (QED) is 0.918. The van der Waals surface area contributed by atoms with Gasteiger partial charge in [0.15, 0.2) is 0 Å². The number of anilines is 1. The van der Waals surface area contributed by atoms with E-state index in [0.29, 0.717) is 6.42 Å². The van der Waals surface area contributed by atoms with Crippen LogP contribution < -0.4 is 5.32 Å². The van der Waals surface area contributed by atoms with Gasteiger partial charge < -0.3 is 9.84 Å². The van der Waals surface area contributed by atoms with E-state index in [4.69, 9.17) is 4.52 Å². The zero-order chi connectivity index (χ0) is 16.1. The number of pyridine rings is 1. The molecule has 23 heavy (non-hydrogen) atoms. The number of nitrogens with zero attached hydrogens (tertiary/aromatic N) is 3. The van der Waals surface area contributed by atoms with Crippen LogP contribution in [0.4, 0.5) is 5.69 Å². The molecule has 0 aliphatic carbocycles. The first-order valence-electron chi connectivity index (χ1n) is 8.09. The molecule has 122 valence electrons. The Balaban J connectivity index is 1.56. The molecule has 0 saturated carbocycles. The third kappa shape index (κ3) is 4.16. The highest BCUT2D eigenvalue weighted by atomic mass is 16.5. The molecule has 1 atom stereocenters. The van der Waals surface area contributed by atoms with Crippen LogP contribution in [0.5, 0.6) is 0 Å². The van der Waals surface area contributed by atoms with Gasteiger partial charge in [-0.1, -0.05) is 11.6 Å². The van der Waals surface area contributed by atoms with Crippen molar-refractivity contribution in [2.24, 2.45) is 0 Å². The summed E-state index contributed by atoms with van der Waals surface area (Å²) in [6, 6.07) is 5.90. The molecule has 1 aliphatic rings. The van der Waals surface area contributed by atoms with Crippen molar-refractivity contribution in [1.82, 2.24) is 15.0 Å². The minimum absolute atomic E-state index is 0.0126. The molecular formula is C17H22N4O2. The van der Waals surface area contributed by atoms with Gasteiger partial charge in [-0.3, -0.25) is 14.7 Å². The minimum Gasteiger partial charge on any atom is -0.361 e. The number of amides is 1. The number of hydrogen-bond donors (Lipinski definition) is 1. The van der Waals surface area contributed by atoms with Crippen LogP contribution in [0.1, 0.15) is 43.2 Å². The van der Waals surface area contributed by atoms with Crippen LogP contribution in [0.15, 0.2) is 35.1 Å². The van der Waals surface area contributed by atoms with Gasteiger partial charge in [0.1, 0.15) is 11.5 Å². The highest BCUT2D eigenvalue weighted by Gasteiger charge is 2.26. The molecular weight excluding hydrogens is 292 g/mol. The lowest BCUT2D eigenvalue weighted by molar-refractivity contribution is -0.116. The van der Waals surface area contributed by atoms with Gasteiger partial charge in [0.05, 0.1) is 17.9 Å². The normalized spacial score (nSPS) is 18.7. The molecule has 0 radical (unpaired) electrons. The summed E-state index contributed by atoms with van der Waals surface area (Å²) in [6.45, 7) is 3.63. The zero-order valence-electron chi connectivity index (χ0n) is 13.4. The molecule has 6 nitrogen and oxygen atoms in total. The van der Waals surface area contributed by atoms with E-state index in [1.807, 2.05) is 25.1 Å². The van der Waals surface area contributed by atoms with Crippen molar-refractivity contribution < 1.29 is 9.32 Å². The second-order valence-corrected chi connectivity index (χ2v) is 5.95. The van der Waals surface area contributed by atoms with Crippen LogP contribution in [0.25, 0.3) is 0 Å². The van der Waals surface area contributed by atoms with Crippen molar-refractivity contribution in [3.63, 3.8) is 0 Å². The van der Waals surface area contributed by atoms with Crippen LogP contribution in [0.3, 0.4) is 0 Å². The predicted molar refractivity (Wildman–Crippen MR) is 86.9 cm³/mol. The van der Waals surface area contributed by atoms with Gasteiger partial charge in [0.2, 0.25) is 5.91 Å². The third-order valence-corrected chi connectivity index (χ3v) is 4.17. The summed E-state index contributed by atoms with van der Waals surface area (Å²) in [5.41, 5.74) is 1.72. The Kier molecular flexibility index (Phi) is 5.02. The number of aryl methyl sites for hydroxylation is 1. The molecule has 1 N–H and O–H groups in total. The number of carbonyl (C=O) groups is 1. The molecule has 0 bridgehead atoms. The number of carbonyl (C=O) groups excluding carboxylic acids is 1. The van der Waals surface area contributed by atoms with E-state index in [2.05, 4.69) is 20.4 Å². The topological polar surface area (TPSA) is 71.3 Å². The van der Waals surface area contributed by atoms with Gasteiger partial charge in [0.25, 0.3) is 0 Å². The van der Waals surface area contributed by atoms with Gasteiger partial charge in [-0.25, -0.2) is 0 Å². The fourth-order valence-electron chi connectivity index (χ4n) is 3.04. The largest absolute Gasteiger partial charge is 0.361 e. The van der Waals surface area contributed by atoms with Crippen LogP contribution in [-0.4, -0.2) is 34.0 Å². The minimum atomic E-state index is 0.0126. The first-order chi connectivity index (χ1) is 11.2. The van der Waals surface area contributed by atoms with Crippen LogP contribution in [0, 0.1) is 6.92 Å². The number of rotatable bonds is 5. The summed E-state index contributed by atoms with van der Waals surface area (Å²) in [4.78, 5) is 18.4. The Morgan fingerprint density at radius 2 is 2.39 bits per heavy atom. The van der Waals surface area contributed by atoms with Gasteiger partial charge in [-0.05, 0) is 38.4 Å². The standard InChI is InChI=1S/C17H22N4O2/c1-13-11-15(20-23-13)16-6-2-3-9-21(16)10-7-17(22)19-14-5-4-8-18-12-14/h4-5,8,11-12,16H,2-3,6-7,9-10H2,1H3,(H,19,22)/t16-/m0/s1. The molecule has 1 amide bonds. The van der Waals surface area contributed by atoms with E-state index in [0.717, 1.165) is 43.1 Å². The number of piperidine rings is 1. The highest BCUT2D eigenvalue weighted by molar-refractivity contribution is 5.90. The molecule has 0 spiro atoms. The van der Waals surface area contributed by atoms with E-state index < -0.39 is 0 Å². The Hall–Kier alpha value is -2.21. The average Bonchev–Trinajstić information content (AvgIpc) is 3.00. The van der Waals surface area contributed by atoms with E-state index >= 15 is 0 Å². The highest BCUT2D eigenvalue weighted by Crippen LogP contribution is 2.30. The summed E-state index contributed by atoms with van der Waals surface area (Å²) >= 11 is 0. The summed E-state index contributed by atoms with van der Waals surface area (Å²) in [5.74, 6) is 0.846. The molecule has 1 fully saturated rings. The van der Waals surface area contributed by atoms with E-state index in [9.17, 15) is 4.79 Å². The molecule has 0 aromatic carbocycles. The Bertz CT molecular complexity index is 641. The molecule has 1 aliphatic heterocycles. The predicted octanol–water partition coefficient (Wildman–Crippen LogP) is 2.93. The van der Waals surface area contributed by atoms with Gasteiger partial charge in [0, 0.05) is 25.2 Å². The average molecular weight is 314 g/mol. The maximum atomic E-state index is 12.1. The lowest BCUT2D eigenvalue weighted by Crippen LogP contribution is -2.35. The first kappa shape index (κ1) is 15.7. The van der Waals surface area contributed by atoms with Crippen LogP contribution >= 0.6 is 0 Å². The fraction of sp³-hybridized carbons (Fsp3) is 0.471. The Labute approximate surface area is 135 Å². The molecule has 0 unspecified atom stereocenters. The summed E-state index contributed by atoms with van der Waals surface area (Å²) in [6.07, 6.45) is 7.22. The number of nitrogens with one attached hydrogen (secondary N) is 1. The maximum absolute atomic E-state index is 12.1. The first-order valence-corrected chi connectivity index (χ1v) is 8.09. The van der Waals surface area contributed by atoms with Crippen molar-refractivity contribution in [3.05, 3.63) is 42.0 Å². The van der Waals surface area contributed by atoms with Crippen molar-refractivity contribution in [2.45, 2.75) is 38.6 Å². The fourth-order valence-corrected chi connectivity index (χ4v) is 3.04. The van der Waals surface area contributed by atoms with E-state index in [-0.39, 0.29) is 11.9 Å². The maximum Gasteiger partial charge on any atom is 0.225 e. The summed E-state index contributed by atoms with van der Waals surface area (Å²) < 4.78 is 5.21. The third-order valence-electron chi connectivity index (χ3n) is 4.17. The monoisotopic (exact) mass is 314 g/mol. The lowest BCUT2D eigenvalue weighted by atomic mass is 9.99. The zero-order valence-corrected chi connectivity index (χ0v) is 13.4. The Morgan fingerprint density at radius 3 is 3.13 bits per heavy atom. The van der Waals surface area contributed by atoms with Crippen molar-refractivity contribution in [3.8, 4) is 0 Å². The van der Waals surface area contributed by atoms with Crippen molar-refractivity contribution >= 4 is 11.6 Å². The van der Waals surface area contributed by atoms with Gasteiger partial charge in [-0.15, -0.1) is 0 Å². The molecule has 3 rings (SSSR count). The van der Waals surface area contributed by atoms with Crippen LogP contribution in [-0.2, 0) is 4.79 Å². The van der Waals surface area contributed by atoms with Crippen molar-refractivity contribution in [1.29, 1.82) is 0 Å². The van der Waals surface area contributed by atoms with Crippen LogP contribution in [0.2, 0.25) is 0 Å². The smallest absolute Gasteiger partial charge is 0.225 e. The molecule has 6 heteroatoms. The molecule has 3 heterocycles. The van der Waals surface area contributed by atoms with E-state index in [1.54, 1.807) is 12.4 Å². The molecule has 1 saturated heterocycles. The Morgan fingerprint density at radius 1 is 1.48 bits per heavy atom. The van der Waals surface area contributed by atoms with Gasteiger partial charge in [-0.2, -0.15) is 0 Å². The molecule has 2 aromatic rings. The summed E-state index contributed by atoms with van der Waals surface area (Å²) in [7, 11) is 0. The SMILES string of the molecule is Cc1cc([C@@H]2CCCCN2CCC(=O)Nc2cccnc2)no1. The van der Waals surface area contributed by atoms with Gasteiger partial charge >= 0.3 is 0 Å². The number of likely N-dealkylation sites (tertiary alicyclic amines) is 1. The lowest BCUT2D eigenvalue weighted by Gasteiger charge is -2.34. The second-order valence-electron chi connectivity index (χ2n) is 5.95. The molecule has 2 aromatic heterocycles. The number of aromatic nitrogens is 2.